The van der Waals surface area contributed by atoms with Gasteiger partial charge in [0.1, 0.15) is 0 Å². The lowest BCUT2D eigenvalue weighted by Crippen LogP contribution is -2.10. The Kier molecular flexibility index (Phi) is 8.42. The smallest absolute Gasteiger partial charge is 0.0947 e. The lowest BCUT2D eigenvalue weighted by molar-refractivity contribution is 0.118. The fourth-order valence-electron chi connectivity index (χ4n) is 0.489. The molecule has 0 fully saturated rings. The van der Waals surface area contributed by atoms with E-state index >= 15 is 0 Å². The van der Waals surface area contributed by atoms with Gasteiger partial charge >= 0.3 is 0 Å². The van der Waals surface area contributed by atoms with Gasteiger partial charge in [-0.05, 0) is 38.8 Å². The van der Waals surface area contributed by atoms with Crippen molar-refractivity contribution in [2.45, 2.75) is 16.8 Å². The number of halogens is 4. The first-order valence-electron chi connectivity index (χ1n) is 3.55. The number of hydrogen-bond acceptors (Lipinski definition) is 1. The SMILES string of the molecule is C=C[C@H](C)OCC(=C(Br)Br)C(Br)Br. The minimum atomic E-state index is 0.0631. The Bertz CT molecular complexity index is 196. The van der Waals surface area contributed by atoms with E-state index < -0.39 is 0 Å². The summed E-state index contributed by atoms with van der Waals surface area (Å²) in [6, 6.07) is 0. The summed E-state index contributed by atoms with van der Waals surface area (Å²) in [5, 5.41) is 0. The van der Waals surface area contributed by atoms with Crippen LogP contribution < -0.4 is 0 Å². The van der Waals surface area contributed by atoms with Gasteiger partial charge < -0.3 is 4.74 Å². The highest BCUT2D eigenvalue weighted by Gasteiger charge is 2.11. The third-order valence-corrected chi connectivity index (χ3v) is 3.46. The Hall–Kier alpha value is 1.36. The summed E-state index contributed by atoms with van der Waals surface area (Å²) < 4.78 is 6.48. The third kappa shape index (κ3) is 6.44. The Labute approximate surface area is 112 Å². The first kappa shape index (κ1) is 14.4. The van der Waals surface area contributed by atoms with Crippen LogP contribution in [0.25, 0.3) is 0 Å². The molecule has 0 bridgehead atoms. The summed E-state index contributed by atoms with van der Waals surface area (Å²) in [4.78, 5) is 0. The van der Waals surface area contributed by atoms with E-state index in [4.69, 9.17) is 4.74 Å². The molecule has 0 aliphatic heterocycles. The van der Waals surface area contributed by atoms with Crippen molar-refractivity contribution in [2.24, 2.45) is 0 Å². The van der Waals surface area contributed by atoms with Gasteiger partial charge in [0.2, 0.25) is 0 Å². The van der Waals surface area contributed by atoms with Crippen LogP contribution >= 0.6 is 63.7 Å². The van der Waals surface area contributed by atoms with Gasteiger partial charge in [0, 0.05) is 5.57 Å². The highest BCUT2D eigenvalue weighted by molar-refractivity contribution is 9.28. The molecule has 0 aromatic carbocycles. The molecule has 0 saturated heterocycles. The van der Waals surface area contributed by atoms with Crippen molar-refractivity contribution >= 4 is 63.7 Å². The average Bonchev–Trinajstić information content (AvgIpc) is 2.03. The standard InChI is InChI=1S/C8H10Br4O/c1-3-5(2)13-4-6(7(9)10)8(11)12/h3,5,7H,1,4H2,2H3/t5-/m0/s1. The van der Waals surface area contributed by atoms with E-state index in [0.29, 0.717) is 6.61 Å². The van der Waals surface area contributed by atoms with Crippen LogP contribution in [0.1, 0.15) is 6.92 Å². The molecule has 0 aliphatic carbocycles. The number of hydrogen-bond donors (Lipinski definition) is 0. The van der Waals surface area contributed by atoms with Crippen LogP contribution in [0.2, 0.25) is 0 Å². The molecule has 0 unspecified atom stereocenters. The van der Waals surface area contributed by atoms with Crippen molar-refractivity contribution in [3.8, 4) is 0 Å². The van der Waals surface area contributed by atoms with E-state index in [0.717, 1.165) is 8.96 Å². The molecule has 0 N–H and O–H groups in total. The predicted octanol–water partition coefficient (Wildman–Crippen LogP) is 4.69. The highest BCUT2D eigenvalue weighted by Crippen LogP contribution is 2.29. The van der Waals surface area contributed by atoms with Gasteiger partial charge in [-0.25, -0.2) is 0 Å². The van der Waals surface area contributed by atoms with Crippen LogP contribution in [0.3, 0.4) is 0 Å². The second-order valence-corrected chi connectivity index (χ2v) is 8.05. The van der Waals surface area contributed by atoms with E-state index in [1.807, 2.05) is 6.92 Å². The molecule has 0 spiro atoms. The Balaban J connectivity index is 4.15. The monoisotopic (exact) mass is 438 g/mol. The predicted molar refractivity (Wildman–Crippen MR) is 72.1 cm³/mol. The third-order valence-electron chi connectivity index (χ3n) is 1.34. The fourth-order valence-corrected chi connectivity index (χ4v) is 3.13. The van der Waals surface area contributed by atoms with Gasteiger partial charge in [-0.15, -0.1) is 6.58 Å². The maximum atomic E-state index is 5.48. The molecule has 0 heterocycles. The summed E-state index contributed by atoms with van der Waals surface area (Å²) in [7, 11) is 0. The zero-order valence-electron chi connectivity index (χ0n) is 7.07. The van der Waals surface area contributed by atoms with Crippen molar-refractivity contribution in [3.05, 3.63) is 21.6 Å². The van der Waals surface area contributed by atoms with Crippen molar-refractivity contribution in [2.75, 3.05) is 6.61 Å². The van der Waals surface area contributed by atoms with Crippen molar-refractivity contribution in [1.82, 2.24) is 0 Å². The topological polar surface area (TPSA) is 9.23 Å². The molecule has 1 nitrogen and oxygen atoms in total. The number of rotatable bonds is 5. The molecule has 5 heteroatoms. The maximum absolute atomic E-state index is 5.48. The molecule has 0 aromatic rings. The van der Waals surface area contributed by atoms with Crippen LogP contribution in [-0.4, -0.2) is 16.4 Å². The van der Waals surface area contributed by atoms with Crippen molar-refractivity contribution in [3.63, 3.8) is 0 Å². The molecule has 0 rings (SSSR count). The molecule has 0 aromatic heterocycles. The first-order chi connectivity index (χ1) is 5.99. The Morgan fingerprint density at radius 1 is 1.46 bits per heavy atom. The zero-order chi connectivity index (χ0) is 10.4. The normalized spacial score (nSPS) is 12.8. The van der Waals surface area contributed by atoms with E-state index in [9.17, 15) is 0 Å². The molecule has 0 amide bonds. The maximum Gasteiger partial charge on any atom is 0.0947 e. The van der Waals surface area contributed by atoms with Crippen LogP contribution in [0.15, 0.2) is 21.6 Å². The minimum Gasteiger partial charge on any atom is -0.370 e. The molecule has 13 heavy (non-hydrogen) atoms. The molecule has 0 saturated carbocycles. The molecular formula is C8H10Br4O. The summed E-state index contributed by atoms with van der Waals surface area (Å²) in [6.07, 6.45) is 1.82. The highest BCUT2D eigenvalue weighted by atomic mass is 79.9. The van der Waals surface area contributed by atoms with E-state index in [2.05, 4.69) is 70.3 Å². The van der Waals surface area contributed by atoms with Gasteiger partial charge in [-0.1, -0.05) is 37.9 Å². The number of ether oxygens (including phenoxy) is 1. The van der Waals surface area contributed by atoms with E-state index in [1.165, 1.54) is 0 Å². The summed E-state index contributed by atoms with van der Waals surface area (Å²) in [6.45, 7) is 6.13. The lowest BCUT2D eigenvalue weighted by Gasteiger charge is -2.12. The lowest BCUT2D eigenvalue weighted by atomic mass is 10.3. The Morgan fingerprint density at radius 3 is 2.31 bits per heavy atom. The molecular weight excluding hydrogens is 432 g/mol. The number of alkyl halides is 2. The molecule has 0 aliphatic rings. The summed E-state index contributed by atoms with van der Waals surface area (Å²) in [5.74, 6) is 0. The average molecular weight is 442 g/mol. The van der Waals surface area contributed by atoms with Gasteiger partial charge in [-0.2, -0.15) is 0 Å². The molecule has 0 radical (unpaired) electrons. The largest absolute Gasteiger partial charge is 0.370 e. The molecule has 1 atom stereocenters. The second kappa shape index (κ2) is 7.63. The Morgan fingerprint density at radius 2 is 2.00 bits per heavy atom. The van der Waals surface area contributed by atoms with Crippen LogP contribution in [0.5, 0.6) is 0 Å². The van der Waals surface area contributed by atoms with Gasteiger partial charge in [-0.3, -0.25) is 0 Å². The van der Waals surface area contributed by atoms with Gasteiger partial charge in [0.15, 0.2) is 0 Å². The minimum absolute atomic E-state index is 0.0631. The van der Waals surface area contributed by atoms with Crippen LogP contribution in [-0.2, 0) is 4.74 Å². The van der Waals surface area contributed by atoms with Gasteiger partial charge in [0.25, 0.3) is 0 Å². The molecule has 76 valence electrons. The van der Waals surface area contributed by atoms with Gasteiger partial charge in [0.05, 0.1) is 19.8 Å². The summed E-state index contributed by atoms with van der Waals surface area (Å²) >= 11 is 13.5. The van der Waals surface area contributed by atoms with Crippen molar-refractivity contribution in [1.29, 1.82) is 0 Å². The van der Waals surface area contributed by atoms with Crippen LogP contribution in [0.4, 0.5) is 0 Å². The van der Waals surface area contributed by atoms with E-state index in [1.54, 1.807) is 6.08 Å². The fraction of sp³-hybridized carbons (Fsp3) is 0.500. The zero-order valence-corrected chi connectivity index (χ0v) is 13.4. The van der Waals surface area contributed by atoms with Crippen molar-refractivity contribution < 1.29 is 4.74 Å². The first-order valence-corrected chi connectivity index (χ1v) is 6.97. The quantitative estimate of drug-likeness (QED) is 0.444. The second-order valence-electron chi connectivity index (χ2n) is 2.34. The van der Waals surface area contributed by atoms with E-state index in [-0.39, 0.29) is 9.84 Å². The summed E-state index contributed by atoms with van der Waals surface area (Å²) in [5.41, 5.74) is 1.06. The van der Waals surface area contributed by atoms with Crippen LogP contribution in [0, 0.1) is 0 Å².